The van der Waals surface area contributed by atoms with Crippen molar-refractivity contribution in [3.8, 4) is 0 Å². The summed E-state index contributed by atoms with van der Waals surface area (Å²) in [5.41, 5.74) is 8.30. The van der Waals surface area contributed by atoms with E-state index in [1.807, 2.05) is 12.4 Å². The van der Waals surface area contributed by atoms with Gasteiger partial charge < -0.3 is 5.73 Å². The number of nitrogens with zero attached hydrogens (tertiary/aromatic N) is 1. The highest BCUT2D eigenvalue weighted by atomic mass is 14.6. The predicted molar refractivity (Wildman–Crippen MR) is 75.4 cm³/mol. The van der Waals surface area contributed by atoms with Crippen LogP contribution in [0.3, 0.4) is 0 Å². The molecule has 0 spiro atoms. The van der Waals surface area contributed by atoms with Gasteiger partial charge in [-0.05, 0) is 42.6 Å². The standard InChI is InChI=1S/C16H20N2/c17-11-5-4-8-16(14-6-2-1-3-7-14)15-9-12-18-13-10-15/h1-3,6-7,9-10,12-13,16H,4-5,8,11,17H2/t16-/m1/s1. The third kappa shape index (κ3) is 3.41. The van der Waals surface area contributed by atoms with Gasteiger partial charge in [-0.3, -0.25) is 4.98 Å². The number of hydrogen-bond donors (Lipinski definition) is 1. The van der Waals surface area contributed by atoms with E-state index in [0.717, 1.165) is 19.4 Å². The lowest BCUT2D eigenvalue weighted by Crippen LogP contribution is -2.04. The molecule has 94 valence electrons. The van der Waals surface area contributed by atoms with E-state index in [-0.39, 0.29) is 0 Å². The Balaban J connectivity index is 2.18. The van der Waals surface area contributed by atoms with E-state index in [0.29, 0.717) is 5.92 Å². The van der Waals surface area contributed by atoms with Gasteiger partial charge >= 0.3 is 0 Å². The molecule has 1 aromatic heterocycles. The summed E-state index contributed by atoms with van der Waals surface area (Å²) in [5, 5.41) is 0. The summed E-state index contributed by atoms with van der Waals surface area (Å²) in [6.07, 6.45) is 7.14. The second-order valence-electron chi connectivity index (χ2n) is 4.53. The van der Waals surface area contributed by atoms with Gasteiger partial charge in [0.15, 0.2) is 0 Å². The zero-order chi connectivity index (χ0) is 12.6. The third-order valence-electron chi connectivity index (χ3n) is 3.26. The summed E-state index contributed by atoms with van der Waals surface area (Å²) in [6.45, 7) is 0.776. The van der Waals surface area contributed by atoms with Crippen LogP contribution in [0.2, 0.25) is 0 Å². The van der Waals surface area contributed by atoms with Crippen LogP contribution in [-0.2, 0) is 0 Å². The lowest BCUT2D eigenvalue weighted by Gasteiger charge is -2.17. The molecule has 0 amide bonds. The summed E-state index contributed by atoms with van der Waals surface area (Å²) in [4.78, 5) is 4.10. The van der Waals surface area contributed by atoms with Gasteiger partial charge in [0.05, 0.1) is 0 Å². The van der Waals surface area contributed by atoms with E-state index in [9.17, 15) is 0 Å². The largest absolute Gasteiger partial charge is 0.330 e. The van der Waals surface area contributed by atoms with Crippen molar-refractivity contribution in [2.45, 2.75) is 25.2 Å². The molecule has 2 heteroatoms. The van der Waals surface area contributed by atoms with Crippen LogP contribution in [0, 0.1) is 0 Å². The lowest BCUT2D eigenvalue weighted by atomic mass is 9.87. The zero-order valence-corrected chi connectivity index (χ0v) is 10.6. The molecule has 2 nitrogen and oxygen atoms in total. The average molecular weight is 240 g/mol. The van der Waals surface area contributed by atoms with Crippen molar-refractivity contribution >= 4 is 0 Å². The van der Waals surface area contributed by atoms with Crippen molar-refractivity contribution in [2.24, 2.45) is 5.73 Å². The molecule has 0 unspecified atom stereocenters. The molecule has 0 bridgehead atoms. The summed E-state index contributed by atoms with van der Waals surface area (Å²) in [7, 11) is 0. The number of aromatic nitrogens is 1. The molecular formula is C16H20N2. The Morgan fingerprint density at radius 3 is 2.22 bits per heavy atom. The van der Waals surface area contributed by atoms with Gasteiger partial charge in [0, 0.05) is 18.3 Å². The van der Waals surface area contributed by atoms with Crippen LogP contribution in [0.5, 0.6) is 0 Å². The molecule has 0 aliphatic heterocycles. The summed E-state index contributed by atoms with van der Waals surface area (Å²) < 4.78 is 0. The first-order valence-corrected chi connectivity index (χ1v) is 6.56. The fourth-order valence-corrected chi connectivity index (χ4v) is 2.30. The SMILES string of the molecule is NCCCC[C@H](c1ccccc1)c1ccncc1. The number of benzene rings is 1. The summed E-state index contributed by atoms with van der Waals surface area (Å²) in [5.74, 6) is 0.459. The van der Waals surface area contributed by atoms with E-state index in [1.54, 1.807) is 0 Å². The minimum Gasteiger partial charge on any atom is -0.330 e. The Hall–Kier alpha value is -1.67. The molecule has 0 aliphatic carbocycles. The fourth-order valence-electron chi connectivity index (χ4n) is 2.30. The first-order chi connectivity index (χ1) is 8.92. The Morgan fingerprint density at radius 2 is 1.56 bits per heavy atom. The highest BCUT2D eigenvalue weighted by Crippen LogP contribution is 2.29. The molecule has 18 heavy (non-hydrogen) atoms. The van der Waals surface area contributed by atoms with Crippen LogP contribution in [0.25, 0.3) is 0 Å². The van der Waals surface area contributed by atoms with Crippen molar-refractivity contribution in [1.29, 1.82) is 0 Å². The van der Waals surface area contributed by atoms with Crippen LogP contribution in [0.4, 0.5) is 0 Å². The minimum absolute atomic E-state index is 0.459. The number of unbranched alkanes of at least 4 members (excludes halogenated alkanes) is 1. The zero-order valence-electron chi connectivity index (χ0n) is 10.6. The number of nitrogens with two attached hydrogens (primary N) is 1. The Morgan fingerprint density at radius 1 is 0.889 bits per heavy atom. The lowest BCUT2D eigenvalue weighted by molar-refractivity contribution is 0.631. The van der Waals surface area contributed by atoms with E-state index in [2.05, 4.69) is 47.4 Å². The van der Waals surface area contributed by atoms with Gasteiger partial charge in [-0.1, -0.05) is 36.8 Å². The second kappa shape index (κ2) is 6.92. The highest BCUT2D eigenvalue weighted by molar-refractivity contribution is 5.30. The van der Waals surface area contributed by atoms with Crippen molar-refractivity contribution < 1.29 is 0 Å². The minimum atomic E-state index is 0.459. The molecule has 0 fully saturated rings. The van der Waals surface area contributed by atoms with E-state index < -0.39 is 0 Å². The van der Waals surface area contributed by atoms with Gasteiger partial charge in [-0.2, -0.15) is 0 Å². The van der Waals surface area contributed by atoms with Gasteiger partial charge in [0.25, 0.3) is 0 Å². The maximum absolute atomic E-state index is 5.58. The first kappa shape index (κ1) is 12.8. The summed E-state index contributed by atoms with van der Waals surface area (Å²) in [6, 6.07) is 14.9. The van der Waals surface area contributed by atoms with Crippen LogP contribution >= 0.6 is 0 Å². The molecule has 1 atom stereocenters. The quantitative estimate of drug-likeness (QED) is 0.786. The van der Waals surface area contributed by atoms with Crippen molar-refractivity contribution in [2.75, 3.05) is 6.54 Å². The number of hydrogen-bond acceptors (Lipinski definition) is 2. The molecular weight excluding hydrogens is 220 g/mol. The molecule has 0 radical (unpaired) electrons. The van der Waals surface area contributed by atoms with Gasteiger partial charge in [-0.15, -0.1) is 0 Å². The van der Waals surface area contributed by atoms with Crippen molar-refractivity contribution in [3.63, 3.8) is 0 Å². The fraction of sp³-hybridized carbons (Fsp3) is 0.312. The van der Waals surface area contributed by atoms with Crippen LogP contribution < -0.4 is 5.73 Å². The molecule has 2 N–H and O–H groups in total. The van der Waals surface area contributed by atoms with Gasteiger partial charge in [0.2, 0.25) is 0 Å². The van der Waals surface area contributed by atoms with Crippen LogP contribution in [0.1, 0.15) is 36.3 Å². The molecule has 0 aliphatic rings. The molecule has 0 saturated carbocycles. The van der Waals surface area contributed by atoms with Gasteiger partial charge in [-0.25, -0.2) is 0 Å². The highest BCUT2D eigenvalue weighted by Gasteiger charge is 2.12. The normalized spacial score (nSPS) is 12.3. The average Bonchev–Trinajstić information content (AvgIpc) is 2.46. The first-order valence-electron chi connectivity index (χ1n) is 6.56. The monoisotopic (exact) mass is 240 g/mol. The molecule has 1 heterocycles. The maximum Gasteiger partial charge on any atom is 0.0270 e. The molecule has 2 aromatic rings. The smallest absolute Gasteiger partial charge is 0.0270 e. The third-order valence-corrected chi connectivity index (χ3v) is 3.26. The van der Waals surface area contributed by atoms with Crippen LogP contribution in [-0.4, -0.2) is 11.5 Å². The van der Waals surface area contributed by atoms with E-state index >= 15 is 0 Å². The summed E-state index contributed by atoms with van der Waals surface area (Å²) >= 11 is 0. The molecule has 2 rings (SSSR count). The number of rotatable bonds is 6. The Kier molecular flexibility index (Phi) is 4.91. The van der Waals surface area contributed by atoms with Crippen molar-refractivity contribution in [1.82, 2.24) is 4.98 Å². The van der Waals surface area contributed by atoms with Crippen molar-refractivity contribution in [3.05, 3.63) is 66.0 Å². The number of pyridine rings is 1. The second-order valence-corrected chi connectivity index (χ2v) is 4.53. The maximum atomic E-state index is 5.58. The Labute approximate surface area is 109 Å². The Bertz CT molecular complexity index is 400. The molecule has 1 aromatic carbocycles. The topological polar surface area (TPSA) is 38.9 Å². The van der Waals surface area contributed by atoms with E-state index in [4.69, 9.17) is 5.73 Å². The predicted octanol–water partition coefficient (Wildman–Crippen LogP) is 3.34. The van der Waals surface area contributed by atoms with Crippen LogP contribution in [0.15, 0.2) is 54.9 Å². The van der Waals surface area contributed by atoms with E-state index in [1.165, 1.54) is 17.5 Å². The molecule has 0 saturated heterocycles. The van der Waals surface area contributed by atoms with Gasteiger partial charge in [0.1, 0.15) is 0 Å².